The largest absolute Gasteiger partial charge is 0.495 e. The van der Waals surface area contributed by atoms with Gasteiger partial charge in [-0.15, -0.1) is 0 Å². The number of anilines is 3. The fourth-order valence-corrected chi connectivity index (χ4v) is 2.43. The van der Waals surface area contributed by atoms with Gasteiger partial charge in [0.05, 0.1) is 22.8 Å². The van der Waals surface area contributed by atoms with Gasteiger partial charge in [-0.3, -0.25) is 0 Å². The highest BCUT2D eigenvalue weighted by atomic mass is 35.5. The van der Waals surface area contributed by atoms with E-state index >= 15 is 0 Å². The minimum Gasteiger partial charge on any atom is -0.495 e. The van der Waals surface area contributed by atoms with Crippen LogP contribution in [0.25, 0.3) is 0 Å². The highest BCUT2D eigenvalue weighted by molar-refractivity contribution is 6.42. The molecule has 0 atom stereocenters. The van der Waals surface area contributed by atoms with Crippen LogP contribution in [0.2, 0.25) is 10.0 Å². The van der Waals surface area contributed by atoms with Gasteiger partial charge in [0.2, 0.25) is 11.9 Å². The minimum absolute atomic E-state index is 0.0742. The van der Waals surface area contributed by atoms with E-state index in [-0.39, 0.29) is 18.5 Å². The predicted molar refractivity (Wildman–Crippen MR) is 101 cm³/mol. The Bertz CT molecular complexity index is 923. The highest BCUT2D eigenvalue weighted by Gasteiger charge is 2.09. The summed E-state index contributed by atoms with van der Waals surface area (Å²) >= 11 is 11.9. The molecular weight excluding hydrogens is 377 g/mol. The number of halogens is 2. The summed E-state index contributed by atoms with van der Waals surface area (Å²) in [5.41, 5.74) is 6.47. The summed E-state index contributed by atoms with van der Waals surface area (Å²) in [6, 6.07) is 12.3. The first-order chi connectivity index (χ1) is 12.5. The molecule has 0 radical (unpaired) electrons. The van der Waals surface area contributed by atoms with E-state index in [4.69, 9.17) is 38.4 Å². The summed E-state index contributed by atoms with van der Waals surface area (Å²) in [4.78, 5) is 12.5. The summed E-state index contributed by atoms with van der Waals surface area (Å²) in [6.07, 6.45) is 0. The van der Waals surface area contributed by atoms with E-state index in [2.05, 4.69) is 20.3 Å². The van der Waals surface area contributed by atoms with Crippen molar-refractivity contribution < 1.29 is 9.47 Å². The Morgan fingerprint density at radius 1 is 1.04 bits per heavy atom. The second-order valence-corrected chi connectivity index (χ2v) is 5.94. The maximum Gasteiger partial charge on any atom is 0.232 e. The molecule has 3 N–H and O–H groups in total. The summed E-state index contributed by atoms with van der Waals surface area (Å²) in [5, 5.41) is 3.91. The Morgan fingerprint density at radius 3 is 2.62 bits per heavy atom. The van der Waals surface area contributed by atoms with Crippen LogP contribution in [0.15, 0.2) is 42.5 Å². The molecule has 2 aromatic carbocycles. The van der Waals surface area contributed by atoms with Crippen molar-refractivity contribution in [3.63, 3.8) is 0 Å². The summed E-state index contributed by atoms with van der Waals surface area (Å²) in [5.74, 6) is 1.92. The van der Waals surface area contributed by atoms with Crippen LogP contribution in [0.3, 0.4) is 0 Å². The molecule has 0 bridgehead atoms. The van der Waals surface area contributed by atoms with Crippen LogP contribution < -0.4 is 20.5 Å². The lowest BCUT2D eigenvalue weighted by atomic mass is 10.3. The number of hydrogen-bond donors (Lipinski definition) is 2. The first kappa shape index (κ1) is 18.0. The molecule has 1 heterocycles. The minimum atomic E-state index is 0.0742. The maximum absolute atomic E-state index is 5.97. The van der Waals surface area contributed by atoms with E-state index in [0.29, 0.717) is 33.1 Å². The lowest BCUT2D eigenvalue weighted by molar-refractivity contribution is 0.296. The van der Waals surface area contributed by atoms with Gasteiger partial charge in [-0.25, -0.2) is 0 Å². The molecule has 3 aromatic rings. The van der Waals surface area contributed by atoms with E-state index < -0.39 is 0 Å². The molecule has 0 aliphatic heterocycles. The molecule has 3 rings (SSSR count). The van der Waals surface area contributed by atoms with Crippen LogP contribution in [-0.4, -0.2) is 22.1 Å². The van der Waals surface area contributed by atoms with Crippen molar-refractivity contribution in [3.05, 3.63) is 58.3 Å². The van der Waals surface area contributed by atoms with Crippen LogP contribution in [0.5, 0.6) is 11.5 Å². The number of nitrogens with two attached hydrogens (primary N) is 1. The monoisotopic (exact) mass is 391 g/mol. The topological polar surface area (TPSA) is 95.2 Å². The molecule has 0 aliphatic carbocycles. The lowest BCUT2D eigenvalue weighted by Gasteiger charge is -2.11. The Balaban J connectivity index is 1.76. The van der Waals surface area contributed by atoms with Gasteiger partial charge in [0, 0.05) is 6.07 Å². The van der Waals surface area contributed by atoms with Gasteiger partial charge in [-0.1, -0.05) is 35.3 Å². The second-order valence-electron chi connectivity index (χ2n) is 5.12. The van der Waals surface area contributed by atoms with Gasteiger partial charge in [-0.2, -0.15) is 15.0 Å². The van der Waals surface area contributed by atoms with E-state index in [9.17, 15) is 0 Å². The molecule has 0 aliphatic rings. The van der Waals surface area contributed by atoms with Gasteiger partial charge in [0.25, 0.3) is 0 Å². The van der Waals surface area contributed by atoms with Crippen molar-refractivity contribution in [2.45, 2.75) is 6.61 Å². The van der Waals surface area contributed by atoms with Crippen LogP contribution in [0.4, 0.5) is 17.6 Å². The quantitative estimate of drug-likeness (QED) is 0.652. The standard InChI is InChI=1S/C17H15Cl2N5O2/c1-25-14-5-3-2-4-13(14)21-17-23-15(22-16(20)24-17)9-26-10-6-7-11(18)12(19)8-10/h2-8H,9H2,1H3,(H3,20,21,22,23,24). The molecule has 26 heavy (non-hydrogen) atoms. The van der Waals surface area contributed by atoms with Gasteiger partial charge in [0.15, 0.2) is 5.82 Å². The van der Waals surface area contributed by atoms with Crippen molar-refractivity contribution in [2.75, 3.05) is 18.2 Å². The fourth-order valence-electron chi connectivity index (χ4n) is 2.14. The molecule has 7 nitrogen and oxygen atoms in total. The molecule has 0 unspecified atom stereocenters. The predicted octanol–water partition coefficient (Wildman–Crippen LogP) is 4.09. The SMILES string of the molecule is COc1ccccc1Nc1nc(N)nc(COc2ccc(Cl)c(Cl)c2)n1. The molecule has 0 spiro atoms. The van der Waals surface area contributed by atoms with E-state index in [1.54, 1.807) is 25.3 Å². The van der Waals surface area contributed by atoms with Gasteiger partial charge in [0.1, 0.15) is 18.1 Å². The van der Waals surface area contributed by atoms with Crippen LogP contribution in [-0.2, 0) is 6.61 Å². The zero-order chi connectivity index (χ0) is 18.5. The Morgan fingerprint density at radius 2 is 1.85 bits per heavy atom. The third kappa shape index (κ3) is 4.44. The third-order valence-corrected chi connectivity index (χ3v) is 4.05. The van der Waals surface area contributed by atoms with E-state index in [1.807, 2.05) is 24.3 Å². The molecule has 0 saturated carbocycles. The summed E-state index contributed by atoms with van der Waals surface area (Å²) in [6.45, 7) is 0.0886. The number of nitrogens with zero attached hydrogens (tertiary/aromatic N) is 3. The average molecular weight is 392 g/mol. The second kappa shape index (κ2) is 8.07. The Hall–Kier alpha value is -2.77. The van der Waals surface area contributed by atoms with Gasteiger partial charge >= 0.3 is 0 Å². The first-order valence-electron chi connectivity index (χ1n) is 7.53. The number of rotatable bonds is 6. The number of hydrogen-bond acceptors (Lipinski definition) is 7. The molecular formula is C17H15Cl2N5O2. The smallest absolute Gasteiger partial charge is 0.232 e. The number of benzene rings is 2. The van der Waals surface area contributed by atoms with Crippen molar-refractivity contribution in [1.29, 1.82) is 0 Å². The summed E-state index contributed by atoms with van der Waals surface area (Å²) in [7, 11) is 1.58. The number of aromatic nitrogens is 3. The zero-order valence-corrected chi connectivity index (χ0v) is 15.3. The number of methoxy groups -OCH3 is 1. The lowest BCUT2D eigenvalue weighted by Crippen LogP contribution is -2.09. The molecule has 9 heteroatoms. The average Bonchev–Trinajstić information content (AvgIpc) is 2.63. The first-order valence-corrected chi connectivity index (χ1v) is 8.29. The number of nitrogens with one attached hydrogen (secondary N) is 1. The molecule has 0 amide bonds. The number of para-hydroxylation sites is 2. The number of nitrogen functional groups attached to an aromatic ring is 1. The van der Waals surface area contributed by atoms with Crippen molar-refractivity contribution in [3.8, 4) is 11.5 Å². The zero-order valence-electron chi connectivity index (χ0n) is 13.7. The highest BCUT2D eigenvalue weighted by Crippen LogP contribution is 2.27. The van der Waals surface area contributed by atoms with Crippen molar-refractivity contribution in [1.82, 2.24) is 15.0 Å². The third-order valence-electron chi connectivity index (χ3n) is 3.31. The number of ether oxygens (including phenoxy) is 2. The van der Waals surface area contributed by atoms with Crippen LogP contribution in [0.1, 0.15) is 5.82 Å². The van der Waals surface area contributed by atoms with E-state index in [0.717, 1.165) is 0 Å². The van der Waals surface area contributed by atoms with Crippen LogP contribution >= 0.6 is 23.2 Å². The van der Waals surface area contributed by atoms with E-state index in [1.165, 1.54) is 0 Å². The maximum atomic E-state index is 5.97. The van der Waals surface area contributed by atoms with Gasteiger partial charge in [-0.05, 0) is 24.3 Å². The van der Waals surface area contributed by atoms with Crippen molar-refractivity contribution >= 4 is 40.8 Å². The Labute approximate surface area is 160 Å². The van der Waals surface area contributed by atoms with Crippen LogP contribution in [0, 0.1) is 0 Å². The molecule has 1 aromatic heterocycles. The Kier molecular flexibility index (Phi) is 5.60. The summed E-state index contributed by atoms with van der Waals surface area (Å²) < 4.78 is 10.9. The molecule has 0 saturated heterocycles. The molecule has 134 valence electrons. The van der Waals surface area contributed by atoms with Gasteiger partial charge < -0.3 is 20.5 Å². The fraction of sp³-hybridized carbons (Fsp3) is 0.118. The normalized spacial score (nSPS) is 10.4. The van der Waals surface area contributed by atoms with Crippen molar-refractivity contribution in [2.24, 2.45) is 0 Å². The molecule has 0 fully saturated rings.